The Kier molecular flexibility index (Phi) is 4.82. The summed E-state index contributed by atoms with van der Waals surface area (Å²) in [5, 5.41) is 5.64. The molecular weight excluding hydrogens is 311 g/mol. The lowest BCUT2D eigenvalue weighted by atomic mass is 9.92. The fourth-order valence-corrected chi connectivity index (χ4v) is 3.26. The molecule has 0 bridgehead atoms. The number of nitrogens with one attached hydrogen (secondary N) is 2. The second kappa shape index (κ2) is 6.86. The highest BCUT2D eigenvalue weighted by Gasteiger charge is 2.34. The first-order chi connectivity index (χ1) is 11.5. The first-order valence-electron chi connectivity index (χ1n) is 8.26. The number of hydrazine groups is 1. The molecule has 6 nitrogen and oxygen atoms in total. The summed E-state index contributed by atoms with van der Waals surface area (Å²) in [7, 11) is 0. The first kappa shape index (κ1) is 16.9. The van der Waals surface area contributed by atoms with Crippen molar-refractivity contribution < 1.29 is 13.9 Å². The van der Waals surface area contributed by atoms with Crippen LogP contribution in [0.4, 0.5) is 4.39 Å². The number of hydrogen-bond acceptors (Lipinski definition) is 5. The molecule has 2 heterocycles. The van der Waals surface area contributed by atoms with E-state index in [0.29, 0.717) is 35.9 Å². The fourth-order valence-electron chi connectivity index (χ4n) is 3.26. The molecule has 24 heavy (non-hydrogen) atoms. The van der Waals surface area contributed by atoms with Crippen molar-refractivity contribution in [3.05, 3.63) is 35.6 Å². The molecule has 0 saturated carbocycles. The third-order valence-corrected chi connectivity index (χ3v) is 4.68. The Morgan fingerprint density at radius 2 is 1.88 bits per heavy atom. The zero-order chi connectivity index (χ0) is 17.3. The van der Waals surface area contributed by atoms with Crippen LogP contribution in [-0.4, -0.2) is 28.9 Å². The topological polar surface area (TPSA) is 66.0 Å². The van der Waals surface area contributed by atoms with E-state index in [2.05, 4.69) is 29.8 Å². The highest BCUT2D eigenvalue weighted by atomic mass is 19.1. The van der Waals surface area contributed by atoms with Crippen LogP contribution in [0.25, 0.3) is 0 Å². The minimum absolute atomic E-state index is 0.203. The minimum Gasteiger partial charge on any atom is -0.449 e. The highest BCUT2D eigenvalue weighted by Crippen LogP contribution is 2.30. The summed E-state index contributed by atoms with van der Waals surface area (Å²) in [5.74, 6) is 0.486. The van der Waals surface area contributed by atoms with Gasteiger partial charge in [0.15, 0.2) is 0 Å². The summed E-state index contributed by atoms with van der Waals surface area (Å²) in [4.78, 5) is 11.9. The van der Waals surface area contributed by atoms with E-state index in [4.69, 9.17) is 4.74 Å². The Hall–Kier alpha value is -1.99. The average Bonchev–Trinajstić information content (AvgIpc) is 3.11. The van der Waals surface area contributed by atoms with Crippen molar-refractivity contribution in [2.24, 2.45) is 11.0 Å². The molecule has 1 amide bonds. The lowest BCUT2D eigenvalue weighted by Crippen LogP contribution is -2.30. The zero-order valence-corrected chi connectivity index (χ0v) is 14.1. The third-order valence-electron chi connectivity index (χ3n) is 4.68. The maximum absolute atomic E-state index is 13.1. The van der Waals surface area contributed by atoms with E-state index in [-0.39, 0.29) is 11.7 Å². The molecule has 7 heteroatoms. The molecule has 1 aromatic carbocycles. The Morgan fingerprint density at radius 1 is 1.25 bits per heavy atom. The monoisotopic (exact) mass is 334 g/mol. The van der Waals surface area contributed by atoms with Crippen LogP contribution in [0, 0.1) is 11.7 Å². The lowest BCUT2D eigenvalue weighted by Gasteiger charge is -2.19. The Labute approximate surface area is 141 Å². The van der Waals surface area contributed by atoms with E-state index in [0.717, 1.165) is 6.42 Å². The molecule has 0 aromatic heterocycles. The Balaban J connectivity index is 1.68. The number of carbonyl (C=O) groups is 1. The highest BCUT2D eigenvalue weighted by molar-refractivity contribution is 5.82. The van der Waals surface area contributed by atoms with Crippen molar-refractivity contribution in [1.29, 1.82) is 0 Å². The molecule has 2 N–H and O–H groups in total. The number of hydrazone groups is 1. The van der Waals surface area contributed by atoms with Crippen LogP contribution < -0.4 is 10.9 Å². The smallest absolute Gasteiger partial charge is 0.243 e. The van der Waals surface area contributed by atoms with E-state index >= 15 is 0 Å². The van der Waals surface area contributed by atoms with Crippen LogP contribution in [0.5, 0.6) is 0 Å². The number of carbonyl (C=O) groups excluding carboxylic acids is 1. The van der Waals surface area contributed by atoms with E-state index in [1.165, 1.54) is 24.1 Å². The number of hydrogen-bond donors (Lipinski definition) is 2. The van der Waals surface area contributed by atoms with E-state index in [9.17, 15) is 9.18 Å². The molecule has 1 fully saturated rings. The third kappa shape index (κ3) is 3.42. The normalized spacial score (nSPS) is 29.5. The lowest BCUT2D eigenvalue weighted by molar-refractivity contribution is -0.135. The number of benzene rings is 1. The van der Waals surface area contributed by atoms with Gasteiger partial charge >= 0.3 is 0 Å². The van der Waals surface area contributed by atoms with Crippen molar-refractivity contribution in [1.82, 2.24) is 15.9 Å². The molecule has 3 unspecified atom stereocenters. The molecule has 0 spiro atoms. The summed E-state index contributed by atoms with van der Waals surface area (Å²) in [6.07, 6.45) is 0.945. The maximum Gasteiger partial charge on any atom is 0.243 e. The summed E-state index contributed by atoms with van der Waals surface area (Å²) < 4.78 is 19.0. The summed E-state index contributed by atoms with van der Waals surface area (Å²) in [6, 6.07) is 6.69. The molecule has 2 aliphatic heterocycles. The van der Waals surface area contributed by atoms with Crippen molar-refractivity contribution in [2.45, 2.75) is 51.9 Å². The second-order valence-corrected chi connectivity index (χ2v) is 6.45. The number of amides is 1. The summed E-state index contributed by atoms with van der Waals surface area (Å²) in [6.45, 7) is 5.73. The molecule has 3 atom stereocenters. The van der Waals surface area contributed by atoms with Gasteiger partial charge in [0.25, 0.3) is 0 Å². The average molecular weight is 334 g/mol. The standard InChI is InChI=1S/C17H23FN4O2/c1-10-15(11(2)20-19-10)8-9-16-21-22(12(3)23)17(24-16)13-4-6-14(18)7-5-13/h4-7,10-11,15,17,19-20H,8-9H2,1-3H3. The van der Waals surface area contributed by atoms with Crippen LogP contribution in [0.1, 0.15) is 45.4 Å². The predicted molar refractivity (Wildman–Crippen MR) is 88.1 cm³/mol. The predicted octanol–water partition coefficient (Wildman–Crippen LogP) is 2.30. The molecular formula is C17H23FN4O2. The summed E-state index contributed by atoms with van der Waals surface area (Å²) in [5.41, 5.74) is 7.17. The van der Waals surface area contributed by atoms with Crippen LogP contribution in [0.2, 0.25) is 0 Å². The van der Waals surface area contributed by atoms with Crippen molar-refractivity contribution >= 4 is 11.8 Å². The van der Waals surface area contributed by atoms with Gasteiger partial charge in [-0.05, 0) is 38.3 Å². The van der Waals surface area contributed by atoms with Gasteiger partial charge < -0.3 is 4.74 Å². The van der Waals surface area contributed by atoms with Gasteiger partial charge in [-0.25, -0.2) is 4.39 Å². The van der Waals surface area contributed by atoms with Crippen LogP contribution in [-0.2, 0) is 9.53 Å². The van der Waals surface area contributed by atoms with Gasteiger partial charge in [0.2, 0.25) is 18.0 Å². The molecule has 1 aromatic rings. The first-order valence-corrected chi connectivity index (χ1v) is 8.26. The number of nitrogens with zero attached hydrogens (tertiary/aromatic N) is 2. The van der Waals surface area contributed by atoms with Gasteiger partial charge in [0.05, 0.1) is 0 Å². The van der Waals surface area contributed by atoms with E-state index in [1.54, 1.807) is 12.1 Å². The number of rotatable bonds is 4. The van der Waals surface area contributed by atoms with Gasteiger partial charge in [-0.2, -0.15) is 5.01 Å². The zero-order valence-electron chi connectivity index (χ0n) is 14.1. The van der Waals surface area contributed by atoms with Crippen LogP contribution in [0.15, 0.2) is 29.4 Å². The molecule has 0 radical (unpaired) electrons. The SMILES string of the molecule is CC(=O)N1N=C(CCC2C(C)NNC2C)OC1c1ccc(F)cc1. The number of ether oxygens (including phenoxy) is 1. The number of halogens is 1. The molecule has 3 rings (SSSR count). The molecule has 0 aliphatic carbocycles. The molecule has 2 aliphatic rings. The second-order valence-electron chi connectivity index (χ2n) is 6.45. The van der Waals surface area contributed by atoms with Crippen molar-refractivity contribution in [3.8, 4) is 0 Å². The van der Waals surface area contributed by atoms with Gasteiger partial charge in [-0.1, -0.05) is 12.1 Å². The molecule has 130 valence electrons. The van der Waals surface area contributed by atoms with Crippen molar-refractivity contribution in [2.75, 3.05) is 0 Å². The van der Waals surface area contributed by atoms with Crippen LogP contribution in [0.3, 0.4) is 0 Å². The van der Waals surface area contributed by atoms with Gasteiger partial charge in [-0.3, -0.25) is 15.6 Å². The fraction of sp³-hybridized carbons (Fsp3) is 0.529. The van der Waals surface area contributed by atoms with Crippen LogP contribution >= 0.6 is 0 Å². The minimum atomic E-state index is -0.618. The maximum atomic E-state index is 13.1. The quantitative estimate of drug-likeness (QED) is 0.887. The van der Waals surface area contributed by atoms with E-state index in [1.807, 2.05) is 0 Å². The van der Waals surface area contributed by atoms with Gasteiger partial charge in [0.1, 0.15) is 5.82 Å². The van der Waals surface area contributed by atoms with E-state index < -0.39 is 6.23 Å². The largest absolute Gasteiger partial charge is 0.449 e. The summed E-state index contributed by atoms with van der Waals surface area (Å²) >= 11 is 0. The van der Waals surface area contributed by atoms with Crippen molar-refractivity contribution in [3.63, 3.8) is 0 Å². The van der Waals surface area contributed by atoms with Gasteiger partial charge in [-0.15, -0.1) is 5.10 Å². The molecule has 1 saturated heterocycles. The van der Waals surface area contributed by atoms with Gasteiger partial charge in [0, 0.05) is 31.0 Å². The Bertz CT molecular complexity index is 624. The Morgan fingerprint density at radius 3 is 2.46 bits per heavy atom.